The Bertz CT molecular complexity index is 914. The van der Waals surface area contributed by atoms with Crippen molar-refractivity contribution in [3.05, 3.63) is 36.0 Å². The van der Waals surface area contributed by atoms with Crippen molar-refractivity contribution in [1.29, 1.82) is 0 Å². The average molecular weight is 632 g/mol. The second-order valence-corrected chi connectivity index (χ2v) is 11.8. The summed E-state index contributed by atoms with van der Waals surface area (Å²) in [6, 6.07) is -0.0912. The van der Waals surface area contributed by atoms with E-state index in [1.54, 1.807) is 13.0 Å². The highest BCUT2D eigenvalue weighted by atomic mass is 127. The molecular weight excluding hydrogens is 589 g/mol. The molecular formula is C28H42INO7. The number of amides is 1. The molecule has 3 aliphatic heterocycles. The van der Waals surface area contributed by atoms with E-state index in [4.69, 9.17) is 18.9 Å². The van der Waals surface area contributed by atoms with Crippen LogP contribution < -0.4 is 5.32 Å². The summed E-state index contributed by atoms with van der Waals surface area (Å²) in [5, 5.41) is 13.8. The summed E-state index contributed by atoms with van der Waals surface area (Å²) in [4.78, 5) is 23.3. The molecule has 1 spiro atoms. The normalized spacial score (nSPS) is 39.2. The number of hydrogen-bond acceptors (Lipinski definition) is 7. The highest BCUT2D eigenvalue weighted by Crippen LogP contribution is 2.47. The maximum Gasteiger partial charge on any atom is 0.303 e. The van der Waals surface area contributed by atoms with Gasteiger partial charge in [-0.1, -0.05) is 53.3 Å². The number of carbonyl (C=O) groups excluding carboxylic acids is 2. The molecule has 3 fully saturated rings. The van der Waals surface area contributed by atoms with Crippen LogP contribution in [0.4, 0.5) is 0 Å². The van der Waals surface area contributed by atoms with Crippen LogP contribution >= 0.6 is 22.6 Å². The van der Waals surface area contributed by atoms with Crippen molar-refractivity contribution >= 4 is 34.5 Å². The Labute approximate surface area is 234 Å². The first-order chi connectivity index (χ1) is 17.4. The fourth-order valence-corrected chi connectivity index (χ4v) is 5.59. The number of alkyl halides is 1. The Morgan fingerprint density at radius 1 is 1.27 bits per heavy atom. The summed E-state index contributed by atoms with van der Waals surface area (Å²) in [5.41, 5.74) is 0.302. The van der Waals surface area contributed by atoms with Gasteiger partial charge >= 0.3 is 5.97 Å². The van der Waals surface area contributed by atoms with E-state index in [9.17, 15) is 14.7 Å². The van der Waals surface area contributed by atoms with Crippen LogP contribution in [-0.2, 0) is 28.5 Å². The van der Waals surface area contributed by atoms with E-state index in [1.165, 1.54) is 13.0 Å². The lowest BCUT2D eigenvalue weighted by Gasteiger charge is -2.43. The SMILES string of the molecule is CC(=O)O[C@H](C)C=CC(=O)NC1C[C@H](C)C(CC=C(C)C=C[C@H]2O[C@@](C)(CI)C[C@@]3(CO3)[C@@H]2O)O[C@@H]1C. The zero-order valence-electron chi connectivity index (χ0n) is 22.7. The number of ether oxygens (including phenoxy) is 4. The van der Waals surface area contributed by atoms with Crippen LogP contribution in [0.5, 0.6) is 0 Å². The van der Waals surface area contributed by atoms with Gasteiger partial charge in [0.05, 0.1) is 30.5 Å². The molecule has 3 rings (SSSR count). The number of rotatable bonds is 9. The molecule has 0 bridgehead atoms. The number of halogens is 1. The van der Waals surface area contributed by atoms with Crippen molar-refractivity contribution in [2.45, 2.75) is 109 Å². The van der Waals surface area contributed by atoms with Crippen LogP contribution in [0.15, 0.2) is 36.0 Å². The zero-order valence-corrected chi connectivity index (χ0v) is 24.9. The van der Waals surface area contributed by atoms with E-state index in [-0.39, 0.29) is 41.6 Å². The van der Waals surface area contributed by atoms with Crippen LogP contribution in [0.2, 0.25) is 0 Å². The first kappa shape index (κ1) is 30.3. The summed E-state index contributed by atoms with van der Waals surface area (Å²) >= 11 is 2.33. The molecule has 3 aliphatic rings. The monoisotopic (exact) mass is 631 g/mol. The molecule has 9 heteroatoms. The third-order valence-corrected chi connectivity index (χ3v) is 8.99. The minimum absolute atomic E-state index is 0.0491. The van der Waals surface area contributed by atoms with Gasteiger partial charge in [-0.2, -0.15) is 0 Å². The maximum absolute atomic E-state index is 12.3. The van der Waals surface area contributed by atoms with Gasteiger partial charge in [0, 0.05) is 23.8 Å². The van der Waals surface area contributed by atoms with Crippen molar-refractivity contribution in [3.8, 4) is 0 Å². The van der Waals surface area contributed by atoms with Crippen LogP contribution in [0.3, 0.4) is 0 Å². The first-order valence-electron chi connectivity index (χ1n) is 13.1. The topological polar surface area (TPSA) is 107 Å². The standard InChI is InChI=1S/C28H42INO7/c1-17(8-11-24-26(33)28(16-34-28)14-27(6,15-29)37-24)7-10-23-18(2)13-22(20(4)36-23)30-25(32)12-9-19(3)35-21(5)31/h7-9,11-12,18-20,22-24,26,33H,10,13-16H2,1-6H3,(H,30,32)/t18-,19+,20+,22?,23?,24+,26+,27+,28+/m0/s1. The minimum atomic E-state index is -0.665. The largest absolute Gasteiger partial charge is 0.459 e. The van der Waals surface area contributed by atoms with Crippen molar-refractivity contribution in [2.75, 3.05) is 11.0 Å². The molecule has 9 atom stereocenters. The lowest BCUT2D eigenvalue weighted by atomic mass is 9.83. The van der Waals surface area contributed by atoms with Gasteiger partial charge in [-0.15, -0.1) is 0 Å². The average Bonchev–Trinajstić information content (AvgIpc) is 3.59. The quantitative estimate of drug-likeness (QED) is 0.0997. The summed E-state index contributed by atoms with van der Waals surface area (Å²) in [6.45, 7) is 11.9. The molecule has 0 radical (unpaired) electrons. The van der Waals surface area contributed by atoms with E-state index in [1.807, 2.05) is 26.0 Å². The number of aliphatic hydroxyl groups is 1. The zero-order chi connectivity index (χ0) is 27.4. The van der Waals surface area contributed by atoms with E-state index >= 15 is 0 Å². The smallest absolute Gasteiger partial charge is 0.303 e. The highest BCUT2D eigenvalue weighted by Gasteiger charge is 2.61. The third kappa shape index (κ3) is 8.36. The molecule has 2 N–H and O–H groups in total. The molecule has 2 unspecified atom stereocenters. The fraction of sp³-hybridized carbons (Fsp3) is 0.714. The van der Waals surface area contributed by atoms with Gasteiger partial charge in [-0.3, -0.25) is 9.59 Å². The van der Waals surface area contributed by atoms with Crippen LogP contribution in [0.25, 0.3) is 0 Å². The molecule has 0 aromatic heterocycles. The van der Waals surface area contributed by atoms with Gasteiger partial charge in [0.15, 0.2) is 0 Å². The molecule has 8 nitrogen and oxygen atoms in total. The van der Waals surface area contributed by atoms with Crippen molar-refractivity contribution < 1.29 is 33.6 Å². The maximum atomic E-state index is 12.3. The van der Waals surface area contributed by atoms with Crippen molar-refractivity contribution in [3.63, 3.8) is 0 Å². The third-order valence-electron chi connectivity index (χ3n) is 7.38. The van der Waals surface area contributed by atoms with E-state index in [0.29, 0.717) is 13.0 Å². The lowest BCUT2D eigenvalue weighted by Crippen LogP contribution is -2.55. The van der Waals surface area contributed by atoms with Gasteiger partial charge in [0.25, 0.3) is 0 Å². The predicted molar refractivity (Wildman–Crippen MR) is 149 cm³/mol. The van der Waals surface area contributed by atoms with Gasteiger partial charge in [-0.25, -0.2) is 0 Å². The number of aliphatic hydroxyl groups excluding tert-OH is 1. The summed E-state index contributed by atoms with van der Waals surface area (Å²) in [5.74, 6) is -0.347. The van der Waals surface area contributed by atoms with Crippen LogP contribution in [-0.4, -0.2) is 75.8 Å². The molecule has 0 aliphatic carbocycles. The van der Waals surface area contributed by atoms with Crippen molar-refractivity contribution in [1.82, 2.24) is 5.32 Å². The summed E-state index contributed by atoms with van der Waals surface area (Å²) in [6.07, 6.45) is 9.75. The number of epoxide rings is 1. The fourth-order valence-electron chi connectivity index (χ4n) is 5.14. The van der Waals surface area contributed by atoms with E-state index in [0.717, 1.165) is 22.8 Å². The Morgan fingerprint density at radius 3 is 2.59 bits per heavy atom. The predicted octanol–water partition coefficient (Wildman–Crippen LogP) is 3.80. The lowest BCUT2D eigenvalue weighted by molar-refractivity contribution is -0.167. The minimum Gasteiger partial charge on any atom is -0.459 e. The molecule has 0 saturated carbocycles. The second kappa shape index (κ2) is 12.7. The van der Waals surface area contributed by atoms with Crippen molar-refractivity contribution in [2.24, 2.45) is 5.92 Å². The summed E-state index contributed by atoms with van der Waals surface area (Å²) < 4.78 is 24.0. The molecule has 0 aromatic rings. The number of esters is 1. The number of hydrogen-bond donors (Lipinski definition) is 2. The van der Waals surface area contributed by atoms with E-state index in [2.05, 4.69) is 47.8 Å². The van der Waals surface area contributed by atoms with Crippen LogP contribution in [0, 0.1) is 5.92 Å². The van der Waals surface area contributed by atoms with Gasteiger partial charge < -0.3 is 29.4 Å². The first-order valence-corrected chi connectivity index (χ1v) is 14.6. The van der Waals surface area contributed by atoms with Crippen LogP contribution in [0.1, 0.15) is 60.8 Å². The van der Waals surface area contributed by atoms with Gasteiger partial charge in [0.1, 0.15) is 23.9 Å². The molecule has 37 heavy (non-hydrogen) atoms. The molecule has 3 heterocycles. The van der Waals surface area contributed by atoms with E-state index < -0.39 is 23.9 Å². The highest BCUT2D eigenvalue weighted by molar-refractivity contribution is 14.1. The molecule has 3 saturated heterocycles. The Balaban J connectivity index is 1.50. The molecule has 208 valence electrons. The Hall–Kier alpha value is -1.27. The second-order valence-electron chi connectivity index (χ2n) is 11.1. The molecule has 1 amide bonds. The Morgan fingerprint density at radius 2 is 1.97 bits per heavy atom. The molecule has 0 aromatic carbocycles. The number of nitrogens with one attached hydrogen (secondary N) is 1. The van der Waals surface area contributed by atoms with Gasteiger partial charge in [-0.05, 0) is 52.5 Å². The Kier molecular flexibility index (Phi) is 10.4. The number of carbonyl (C=O) groups is 2. The summed E-state index contributed by atoms with van der Waals surface area (Å²) in [7, 11) is 0. The van der Waals surface area contributed by atoms with Gasteiger partial charge in [0.2, 0.25) is 5.91 Å². The number of allylic oxidation sites excluding steroid dienone is 2.